The average Bonchev–Trinajstić information content (AvgIpc) is 3.07. The summed E-state index contributed by atoms with van der Waals surface area (Å²) in [6, 6.07) is 4.96. The van der Waals surface area contributed by atoms with Gasteiger partial charge in [0, 0.05) is 24.0 Å². The molecule has 1 unspecified atom stereocenters. The van der Waals surface area contributed by atoms with E-state index in [1.54, 1.807) is 0 Å². The summed E-state index contributed by atoms with van der Waals surface area (Å²) in [5.41, 5.74) is 0.510. The fourth-order valence-corrected chi connectivity index (χ4v) is 4.17. The molecule has 0 saturated heterocycles. The first kappa shape index (κ1) is 15.0. The van der Waals surface area contributed by atoms with Crippen LogP contribution in [0.2, 0.25) is 0 Å². The number of nitrogens with one attached hydrogen (secondary N) is 1. The summed E-state index contributed by atoms with van der Waals surface area (Å²) in [6.45, 7) is 8.04. The van der Waals surface area contributed by atoms with Gasteiger partial charge in [0.1, 0.15) is 0 Å². The Morgan fingerprint density at radius 3 is 2.74 bits per heavy atom. The molecule has 1 aliphatic rings. The first-order valence-corrected chi connectivity index (χ1v) is 8.49. The molecular formula is C16H28N2S. The van der Waals surface area contributed by atoms with Crippen LogP contribution in [0.3, 0.4) is 0 Å². The first-order chi connectivity index (χ1) is 9.17. The lowest BCUT2D eigenvalue weighted by atomic mass is 9.85. The van der Waals surface area contributed by atoms with Gasteiger partial charge in [-0.2, -0.15) is 0 Å². The third-order valence-corrected chi connectivity index (χ3v) is 5.66. The SMILES string of the molecule is CCNCC1(CN(C)C(C)c2cccs2)CCCC1. The minimum Gasteiger partial charge on any atom is -0.316 e. The third kappa shape index (κ3) is 3.80. The topological polar surface area (TPSA) is 15.3 Å². The van der Waals surface area contributed by atoms with Gasteiger partial charge in [-0.3, -0.25) is 4.90 Å². The summed E-state index contributed by atoms with van der Waals surface area (Å²) in [7, 11) is 2.29. The van der Waals surface area contributed by atoms with Crippen LogP contribution in [0.1, 0.15) is 50.4 Å². The smallest absolute Gasteiger partial charge is 0.0410 e. The molecule has 1 N–H and O–H groups in total. The highest BCUT2D eigenvalue weighted by molar-refractivity contribution is 7.10. The maximum absolute atomic E-state index is 3.59. The highest BCUT2D eigenvalue weighted by Crippen LogP contribution is 2.39. The van der Waals surface area contributed by atoms with E-state index in [9.17, 15) is 0 Å². The van der Waals surface area contributed by atoms with Crippen LogP contribution >= 0.6 is 11.3 Å². The van der Waals surface area contributed by atoms with Gasteiger partial charge in [0.15, 0.2) is 0 Å². The van der Waals surface area contributed by atoms with Crippen LogP contribution < -0.4 is 5.32 Å². The lowest BCUT2D eigenvalue weighted by Crippen LogP contribution is -2.42. The molecular weight excluding hydrogens is 252 g/mol. The molecule has 108 valence electrons. The standard InChI is InChI=1S/C16H28N2S/c1-4-17-12-16(9-5-6-10-16)13-18(3)14(2)15-8-7-11-19-15/h7-8,11,14,17H,4-6,9-10,12-13H2,1-3H3. The van der Waals surface area contributed by atoms with Crippen LogP contribution in [-0.4, -0.2) is 31.6 Å². The van der Waals surface area contributed by atoms with Crippen molar-refractivity contribution in [2.24, 2.45) is 5.41 Å². The molecule has 1 atom stereocenters. The van der Waals surface area contributed by atoms with E-state index in [1.165, 1.54) is 43.6 Å². The Balaban J connectivity index is 1.96. The number of rotatable bonds is 7. The molecule has 0 amide bonds. The second kappa shape index (κ2) is 6.87. The van der Waals surface area contributed by atoms with Gasteiger partial charge in [-0.1, -0.05) is 25.8 Å². The largest absolute Gasteiger partial charge is 0.316 e. The number of hydrogen-bond acceptors (Lipinski definition) is 3. The van der Waals surface area contributed by atoms with E-state index in [2.05, 4.69) is 48.6 Å². The van der Waals surface area contributed by atoms with Crippen molar-refractivity contribution in [3.63, 3.8) is 0 Å². The first-order valence-electron chi connectivity index (χ1n) is 7.61. The van der Waals surface area contributed by atoms with Crippen molar-refractivity contribution in [2.45, 2.75) is 45.6 Å². The van der Waals surface area contributed by atoms with Crippen molar-refractivity contribution >= 4 is 11.3 Å². The maximum Gasteiger partial charge on any atom is 0.0410 e. The Morgan fingerprint density at radius 2 is 2.16 bits per heavy atom. The summed E-state index contributed by atoms with van der Waals surface area (Å²) in [6.07, 6.45) is 5.60. The molecule has 1 fully saturated rings. The molecule has 0 bridgehead atoms. The van der Waals surface area contributed by atoms with E-state index in [4.69, 9.17) is 0 Å². The Bertz CT molecular complexity index is 355. The molecule has 1 heterocycles. The summed E-state index contributed by atoms with van der Waals surface area (Å²) >= 11 is 1.88. The lowest BCUT2D eigenvalue weighted by Gasteiger charge is -2.36. The summed E-state index contributed by atoms with van der Waals surface area (Å²) in [5, 5.41) is 5.77. The van der Waals surface area contributed by atoms with Crippen LogP contribution in [0.5, 0.6) is 0 Å². The Labute approximate surface area is 122 Å². The van der Waals surface area contributed by atoms with Gasteiger partial charge in [-0.15, -0.1) is 11.3 Å². The second-order valence-electron chi connectivity index (χ2n) is 6.09. The monoisotopic (exact) mass is 280 g/mol. The molecule has 2 nitrogen and oxygen atoms in total. The van der Waals surface area contributed by atoms with Crippen molar-refractivity contribution in [3.8, 4) is 0 Å². The molecule has 2 rings (SSSR count). The van der Waals surface area contributed by atoms with Gasteiger partial charge < -0.3 is 5.32 Å². The molecule has 0 aromatic carbocycles. The van der Waals surface area contributed by atoms with E-state index in [0.29, 0.717) is 11.5 Å². The minimum absolute atomic E-state index is 0.510. The van der Waals surface area contributed by atoms with Crippen molar-refractivity contribution in [1.82, 2.24) is 10.2 Å². The summed E-state index contributed by atoms with van der Waals surface area (Å²) < 4.78 is 0. The molecule has 0 spiro atoms. The van der Waals surface area contributed by atoms with Gasteiger partial charge in [-0.25, -0.2) is 0 Å². The lowest BCUT2D eigenvalue weighted by molar-refractivity contribution is 0.143. The highest BCUT2D eigenvalue weighted by Gasteiger charge is 2.35. The number of thiophene rings is 1. The van der Waals surface area contributed by atoms with E-state index in [-0.39, 0.29) is 0 Å². The Kier molecular flexibility index (Phi) is 5.43. The van der Waals surface area contributed by atoms with E-state index >= 15 is 0 Å². The van der Waals surface area contributed by atoms with Crippen molar-refractivity contribution in [3.05, 3.63) is 22.4 Å². The minimum atomic E-state index is 0.510. The zero-order valence-corrected chi connectivity index (χ0v) is 13.4. The molecule has 0 aliphatic heterocycles. The van der Waals surface area contributed by atoms with Crippen molar-refractivity contribution in [2.75, 3.05) is 26.7 Å². The third-order valence-electron chi connectivity index (χ3n) is 4.62. The predicted molar refractivity (Wildman–Crippen MR) is 84.8 cm³/mol. The van der Waals surface area contributed by atoms with Crippen LogP contribution in [0.4, 0.5) is 0 Å². The number of nitrogens with zero attached hydrogens (tertiary/aromatic N) is 1. The Hall–Kier alpha value is -0.380. The van der Waals surface area contributed by atoms with Gasteiger partial charge in [0.2, 0.25) is 0 Å². The van der Waals surface area contributed by atoms with Crippen LogP contribution in [0.25, 0.3) is 0 Å². The van der Waals surface area contributed by atoms with E-state index in [0.717, 1.165) is 6.54 Å². The van der Waals surface area contributed by atoms with Crippen LogP contribution in [0.15, 0.2) is 17.5 Å². The van der Waals surface area contributed by atoms with Gasteiger partial charge in [0.25, 0.3) is 0 Å². The molecule has 3 heteroatoms. The Morgan fingerprint density at radius 1 is 1.42 bits per heavy atom. The quantitative estimate of drug-likeness (QED) is 0.814. The van der Waals surface area contributed by atoms with Crippen LogP contribution in [0, 0.1) is 5.41 Å². The zero-order chi connectivity index (χ0) is 13.7. The van der Waals surface area contributed by atoms with Gasteiger partial charge in [-0.05, 0) is 50.2 Å². The van der Waals surface area contributed by atoms with Crippen molar-refractivity contribution < 1.29 is 0 Å². The second-order valence-corrected chi connectivity index (χ2v) is 7.07. The molecule has 0 radical (unpaired) electrons. The highest BCUT2D eigenvalue weighted by atomic mass is 32.1. The normalized spacial score (nSPS) is 20.0. The molecule has 19 heavy (non-hydrogen) atoms. The molecule has 1 aromatic rings. The zero-order valence-electron chi connectivity index (χ0n) is 12.6. The van der Waals surface area contributed by atoms with E-state index in [1.807, 2.05) is 11.3 Å². The molecule has 1 saturated carbocycles. The summed E-state index contributed by atoms with van der Waals surface area (Å²) in [4.78, 5) is 4.04. The van der Waals surface area contributed by atoms with Gasteiger partial charge >= 0.3 is 0 Å². The average molecular weight is 280 g/mol. The number of hydrogen-bond donors (Lipinski definition) is 1. The summed E-state index contributed by atoms with van der Waals surface area (Å²) in [5.74, 6) is 0. The van der Waals surface area contributed by atoms with Gasteiger partial charge in [0.05, 0.1) is 0 Å². The fraction of sp³-hybridized carbons (Fsp3) is 0.750. The van der Waals surface area contributed by atoms with E-state index < -0.39 is 0 Å². The fourth-order valence-electron chi connectivity index (χ4n) is 3.32. The van der Waals surface area contributed by atoms with Crippen LogP contribution in [-0.2, 0) is 0 Å². The molecule has 1 aromatic heterocycles. The van der Waals surface area contributed by atoms with Crippen molar-refractivity contribution in [1.29, 1.82) is 0 Å². The predicted octanol–water partition coefficient (Wildman–Crippen LogP) is 3.91. The molecule has 1 aliphatic carbocycles. The maximum atomic E-state index is 3.59.